The zero-order valence-electron chi connectivity index (χ0n) is 13.5. The average Bonchev–Trinajstić information content (AvgIpc) is 2.56. The molecule has 2 aromatic carbocycles. The Morgan fingerprint density at radius 2 is 1.78 bits per heavy atom. The van der Waals surface area contributed by atoms with Crippen molar-refractivity contribution >= 4 is 11.6 Å². The number of hydrogen-bond acceptors (Lipinski definition) is 3. The Morgan fingerprint density at radius 3 is 2.48 bits per heavy atom. The highest BCUT2D eigenvalue weighted by molar-refractivity contribution is 5.89. The SMILES string of the molecule is CC(=O)Nc1ccccc1CNC(CCCO)c1ccccc1. The molecule has 0 aliphatic carbocycles. The number of amides is 1. The van der Waals surface area contributed by atoms with Crippen LogP contribution >= 0.6 is 0 Å². The molecule has 1 unspecified atom stereocenters. The zero-order chi connectivity index (χ0) is 16.5. The van der Waals surface area contributed by atoms with E-state index in [1.807, 2.05) is 42.5 Å². The summed E-state index contributed by atoms with van der Waals surface area (Å²) in [6.45, 7) is 2.35. The van der Waals surface area contributed by atoms with Crippen molar-refractivity contribution in [3.8, 4) is 0 Å². The Morgan fingerprint density at radius 1 is 1.09 bits per heavy atom. The normalized spacial score (nSPS) is 11.9. The minimum absolute atomic E-state index is 0.0719. The maximum Gasteiger partial charge on any atom is 0.221 e. The largest absolute Gasteiger partial charge is 0.396 e. The Labute approximate surface area is 137 Å². The minimum atomic E-state index is -0.0719. The molecule has 3 N–H and O–H groups in total. The molecule has 0 saturated heterocycles. The van der Waals surface area contributed by atoms with Gasteiger partial charge in [-0.2, -0.15) is 0 Å². The Hall–Kier alpha value is -2.17. The van der Waals surface area contributed by atoms with Crippen molar-refractivity contribution in [1.29, 1.82) is 0 Å². The van der Waals surface area contributed by atoms with Crippen molar-refractivity contribution in [2.75, 3.05) is 11.9 Å². The number of anilines is 1. The number of hydrogen-bond donors (Lipinski definition) is 3. The predicted octanol–water partition coefficient (Wildman–Crippen LogP) is 3.25. The Balaban J connectivity index is 2.08. The molecule has 4 heteroatoms. The van der Waals surface area contributed by atoms with Gasteiger partial charge in [0.2, 0.25) is 5.91 Å². The average molecular weight is 312 g/mol. The first kappa shape index (κ1) is 17.2. The van der Waals surface area contributed by atoms with Crippen molar-refractivity contribution in [3.05, 3.63) is 65.7 Å². The summed E-state index contributed by atoms with van der Waals surface area (Å²) < 4.78 is 0. The lowest BCUT2D eigenvalue weighted by molar-refractivity contribution is -0.114. The van der Waals surface area contributed by atoms with Gasteiger partial charge in [0.1, 0.15) is 0 Å². The quantitative estimate of drug-likeness (QED) is 0.701. The molecule has 2 aromatic rings. The van der Waals surface area contributed by atoms with Crippen LogP contribution in [0.3, 0.4) is 0 Å². The van der Waals surface area contributed by atoms with Crippen LogP contribution in [0.15, 0.2) is 54.6 Å². The number of para-hydroxylation sites is 1. The van der Waals surface area contributed by atoms with Gasteiger partial charge in [0, 0.05) is 31.8 Å². The fraction of sp³-hybridized carbons (Fsp3) is 0.316. The van der Waals surface area contributed by atoms with E-state index in [0.29, 0.717) is 6.54 Å². The van der Waals surface area contributed by atoms with Gasteiger partial charge < -0.3 is 15.7 Å². The summed E-state index contributed by atoms with van der Waals surface area (Å²) in [6.07, 6.45) is 1.61. The summed E-state index contributed by atoms with van der Waals surface area (Å²) in [6, 6.07) is 18.2. The maximum absolute atomic E-state index is 11.3. The molecule has 0 saturated carbocycles. The third-order valence-electron chi connectivity index (χ3n) is 3.72. The third kappa shape index (κ3) is 5.51. The van der Waals surface area contributed by atoms with Crippen LogP contribution in [0, 0.1) is 0 Å². The molecule has 23 heavy (non-hydrogen) atoms. The van der Waals surface area contributed by atoms with Crippen LogP contribution in [0.25, 0.3) is 0 Å². The van der Waals surface area contributed by atoms with Crippen LogP contribution in [-0.4, -0.2) is 17.6 Å². The van der Waals surface area contributed by atoms with E-state index in [4.69, 9.17) is 5.11 Å². The number of nitrogens with one attached hydrogen (secondary N) is 2. The number of rotatable bonds is 8. The first-order valence-electron chi connectivity index (χ1n) is 7.95. The van der Waals surface area contributed by atoms with Crippen LogP contribution in [-0.2, 0) is 11.3 Å². The fourth-order valence-corrected chi connectivity index (χ4v) is 2.59. The van der Waals surface area contributed by atoms with Gasteiger partial charge in [0.25, 0.3) is 0 Å². The van der Waals surface area contributed by atoms with Crippen LogP contribution in [0.5, 0.6) is 0 Å². The molecule has 0 spiro atoms. The van der Waals surface area contributed by atoms with Crippen molar-refractivity contribution in [2.45, 2.75) is 32.4 Å². The third-order valence-corrected chi connectivity index (χ3v) is 3.72. The molecule has 122 valence electrons. The molecule has 0 bridgehead atoms. The first-order valence-corrected chi connectivity index (χ1v) is 7.95. The van der Waals surface area contributed by atoms with Gasteiger partial charge in [0.15, 0.2) is 0 Å². The lowest BCUT2D eigenvalue weighted by atomic mass is 10.0. The fourth-order valence-electron chi connectivity index (χ4n) is 2.59. The maximum atomic E-state index is 11.3. The standard InChI is InChI=1S/C19H24N2O2/c1-15(23)21-19-11-6-5-10-17(19)14-20-18(12-7-13-22)16-8-3-2-4-9-16/h2-6,8-11,18,20,22H,7,12-14H2,1H3,(H,21,23). The predicted molar refractivity (Wildman–Crippen MR) is 93.1 cm³/mol. The second-order valence-corrected chi connectivity index (χ2v) is 5.55. The zero-order valence-corrected chi connectivity index (χ0v) is 13.5. The molecular weight excluding hydrogens is 288 g/mol. The molecule has 1 atom stereocenters. The van der Waals surface area contributed by atoms with E-state index in [0.717, 1.165) is 24.1 Å². The van der Waals surface area contributed by atoms with E-state index < -0.39 is 0 Å². The number of aliphatic hydroxyl groups is 1. The van der Waals surface area contributed by atoms with Crippen LogP contribution in [0.2, 0.25) is 0 Å². The van der Waals surface area contributed by atoms with Crippen LogP contribution in [0.4, 0.5) is 5.69 Å². The monoisotopic (exact) mass is 312 g/mol. The second kappa shape index (κ2) is 9.08. The summed E-state index contributed by atoms with van der Waals surface area (Å²) >= 11 is 0. The van der Waals surface area contributed by atoms with Gasteiger partial charge in [-0.25, -0.2) is 0 Å². The molecule has 4 nitrogen and oxygen atoms in total. The van der Waals surface area contributed by atoms with Crippen molar-refractivity contribution in [3.63, 3.8) is 0 Å². The molecule has 0 fully saturated rings. The van der Waals surface area contributed by atoms with E-state index in [2.05, 4.69) is 22.8 Å². The molecule has 0 aromatic heterocycles. The van der Waals surface area contributed by atoms with Gasteiger partial charge in [-0.1, -0.05) is 48.5 Å². The number of carbonyl (C=O) groups is 1. The smallest absolute Gasteiger partial charge is 0.221 e. The molecule has 2 rings (SSSR count). The molecule has 0 aliphatic heterocycles. The van der Waals surface area contributed by atoms with Gasteiger partial charge >= 0.3 is 0 Å². The minimum Gasteiger partial charge on any atom is -0.396 e. The lowest BCUT2D eigenvalue weighted by Crippen LogP contribution is -2.22. The van der Waals surface area contributed by atoms with E-state index in [1.165, 1.54) is 12.5 Å². The van der Waals surface area contributed by atoms with Crippen molar-refractivity contribution < 1.29 is 9.90 Å². The van der Waals surface area contributed by atoms with Gasteiger partial charge in [-0.05, 0) is 30.0 Å². The Bertz CT molecular complexity index is 614. The van der Waals surface area contributed by atoms with Gasteiger partial charge in [0.05, 0.1) is 0 Å². The van der Waals surface area contributed by atoms with E-state index in [-0.39, 0.29) is 18.6 Å². The summed E-state index contributed by atoms with van der Waals surface area (Å²) in [5.41, 5.74) is 3.09. The molecular formula is C19H24N2O2. The molecule has 1 amide bonds. The second-order valence-electron chi connectivity index (χ2n) is 5.55. The lowest BCUT2D eigenvalue weighted by Gasteiger charge is -2.20. The molecule has 0 radical (unpaired) electrons. The Kier molecular flexibility index (Phi) is 6.78. The number of benzene rings is 2. The van der Waals surface area contributed by atoms with E-state index in [1.54, 1.807) is 0 Å². The van der Waals surface area contributed by atoms with Crippen molar-refractivity contribution in [2.24, 2.45) is 0 Å². The molecule has 0 aliphatic rings. The molecule has 0 heterocycles. The van der Waals surface area contributed by atoms with E-state index >= 15 is 0 Å². The summed E-state index contributed by atoms with van der Waals surface area (Å²) in [7, 11) is 0. The van der Waals surface area contributed by atoms with Gasteiger partial charge in [-0.15, -0.1) is 0 Å². The summed E-state index contributed by atoms with van der Waals surface area (Å²) in [4.78, 5) is 11.3. The highest BCUT2D eigenvalue weighted by Gasteiger charge is 2.11. The summed E-state index contributed by atoms with van der Waals surface area (Å²) in [5.74, 6) is -0.0719. The van der Waals surface area contributed by atoms with Crippen LogP contribution in [0.1, 0.15) is 36.9 Å². The number of carbonyl (C=O) groups excluding carboxylic acids is 1. The summed E-state index contributed by atoms with van der Waals surface area (Å²) in [5, 5.41) is 15.5. The topological polar surface area (TPSA) is 61.4 Å². The van der Waals surface area contributed by atoms with E-state index in [9.17, 15) is 4.79 Å². The number of aliphatic hydroxyl groups excluding tert-OH is 1. The highest BCUT2D eigenvalue weighted by atomic mass is 16.2. The van der Waals surface area contributed by atoms with Crippen molar-refractivity contribution in [1.82, 2.24) is 5.32 Å². The highest BCUT2D eigenvalue weighted by Crippen LogP contribution is 2.21. The van der Waals surface area contributed by atoms with Crippen LogP contribution < -0.4 is 10.6 Å². The van der Waals surface area contributed by atoms with Gasteiger partial charge in [-0.3, -0.25) is 4.79 Å². The first-order chi connectivity index (χ1) is 11.2.